The van der Waals surface area contributed by atoms with E-state index in [1.807, 2.05) is 38.1 Å². The molecule has 7 heteroatoms. The predicted molar refractivity (Wildman–Crippen MR) is 120 cm³/mol. The summed E-state index contributed by atoms with van der Waals surface area (Å²) in [5.41, 5.74) is 7.21. The molecule has 0 amide bonds. The van der Waals surface area contributed by atoms with Gasteiger partial charge in [0, 0.05) is 23.3 Å². The Labute approximate surface area is 173 Å². The highest BCUT2D eigenvalue weighted by molar-refractivity contribution is 6.30. The van der Waals surface area contributed by atoms with Gasteiger partial charge in [0.15, 0.2) is 11.6 Å². The first-order chi connectivity index (χ1) is 13.4. The van der Waals surface area contributed by atoms with Gasteiger partial charge in [0.2, 0.25) is 0 Å². The molecule has 0 aliphatic heterocycles. The first-order valence-electron chi connectivity index (χ1n) is 9.82. The molecule has 0 spiro atoms. The lowest BCUT2D eigenvalue weighted by atomic mass is 9.87. The number of nitrogens with zero attached hydrogens (tertiary/aromatic N) is 3. The maximum atomic E-state index is 5.98. The maximum Gasteiger partial charge on any atom is 0.162 e. The monoisotopic (exact) mass is 402 g/mol. The SMILES string of the molecule is C=Nc1c(NCC)nc(C)nc1Nc1cccc(Cl)c1.CC1CCCCC1N. The number of hydrogen-bond acceptors (Lipinski definition) is 6. The third-order valence-corrected chi connectivity index (χ3v) is 5.00. The number of aromatic nitrogens is 2. The van der Waals surface area contributed by atoms with Crippen LogP contribution in [0.25, 0.3) is 0 Å². The molecule has 2 atom stereocenters. The van der Waals surface area contributed by atoms with Crippen LogP contribution in [0.5, 0.6) is 0 Å². The molecular formula is C21H31ClN6. The Hall–Kier alpha value is -2.18. The van der Waals surface area contributed by atoms with Gasteiger partial charge in [-0.2, -0.15) is 0 Å². The Balaban J connectivity index is 0.000000292. The number of halogens is 1. The first-order valence-corrected chi connectivity index (χ1v) is 10.2. The van der Waals surface area contributed by atoms with Crippen LogP contribution >= 0.6 is 11.6 Å². The van der Waals surface area contributed by atoms with Crippen molar-refractivity contribution in [2.24, 2.45) is 16.6 Å². The molecule has 1 fully saturated rings. The van der Waals surface area contributed by atoms with Crippen LogP contribution in [0.3, 0.4) is 0 Å². The fourth-order valence-corrected chi connectivity index (χ4v) is 3.33. The van der Waals surface area contributed by atoms with Crippen molar-refractivity contribution in [3.05, 3.63) is 35.1 Å². The van der Waals surface area contributed by atoms with E-state index in [0.29, 0.717) is 34.2 Å². The standard InChI is InChI=1S/C14H16ClN5.C7H15N/c1-4-17-13-12(16-3)14(19-9(2)18-13)20-11-7-5-6-10(15)8-11;1-6-4-2-3-5-7(6)8/h5-8H,3-4H2,1-2H3,(H2,17,18,19,20);6-7H,2-5,8H2,1H3. The number of aliphatic imine (C=N–C) groups is 1. The van der Waals surface area contributed by atoms with Crippen molar-refractivity contribution in [1.82, 2.24) is 9.97 Å². The minimum atomic E-state index is 0.503. The highest BCUT2D eigenvalue weighted by Gasteiger charge is 2.16. The predicted octanol–water partition coefficient (Wildman–Crippen LogP) is 5.47. The van der Waals surface area contributed by atoms with Crippen LogP contribution in [0, 0.1) is 12.8 Å². The van der Waals surface area contributed by atoms with Crippen LogP contribution in [0.1, 0.15) is 45.4 Å². The molecule has 1 heterocycles. The average molecular weight is 403 g/mol. The van der Waals surface area contributed by atoms with Gasteiger partial charge < -0.3 is 16.4 Å². The van der Waals surface area contributed by atoms with E-state index < -0.39 is 0 Å². The molecule has 1 aromatic carbocycles. The second kappa shape index (κ2) is 11.0. The van der Waals surface area contributed by atoms with E-state index in [1.165, 1.54) is 25.7 Å². The Morgan fingerprint density at radius 3 is 2.54 bits per heavy atom. The zero-order valence-electron chi connectivity index (χ0n) is 17.0. The van der Waals surface area contributed by atoms with E-state index >= 15 is 0 Å². The van der Waals surface area contributed by atoms with Gasteiger partial charge in [-0.1, -0.05) is 37.4 Å². The lowest BCUT2D eigenvalue weighted by Gasteiger charge is -2.24. The Bertz CT molecular complexity index is 769. The normalized spacial score (nSPS) is 18.6. The molecule has 6 nitrogen and oxygen atoms in total. The summed E-state index contributed by atoms with van der Waals surface area (Å²) in [5, 5.41) is 7.00. The summed E-state index contributed by atoms with van der Waals surface area (Å²) in [6.07, 6.45) is 5.35. The number of rotatable bonds is 5. The molecule has 1 aliphatic rings. The summed E-state index contributed by atoms with van der Waals surface area (Å²) < 4.78 is 0. The third kappa shape index (κ3) is 6.46. The summed E-state index contributed by atoms with van der Waals surface area (Å²) in [6, 6.07) is 7.91. The molecule has 2 aromatic rings. The van der Waals surface area contributed by atoms with Crippen molar-refractivity contribution >= 4 is 41.3 Å². The van der Waals surface area contributed by atoms with E-state index in [-0.39, 0.29) is 0 Å². The van der Waals surface area contributed by atoms with Gasteiger partial charge in [-0.25, -0.2) is 9.97 Å². The van der Waals surface area contributed by atoms with Gasteiger partial charge >= 0.3 is 0 Å². The molecular weight excluding hydrogens is 372 g/mol. The Morgan fingerprint density at radius 1 is 1.25 bits per heavy atom. The zero-order valence-corrected chi connectivity index (χ0v) is 17.8. The fraction of sp³-hybridized carbons (Fsp3) is 0.476. The quantitative estimate of drug-likeness (QED) is 0.577. The maximum absolute atomic E-state index is 5.98. The largest absolute Gasteiger partial charge is 0.368 e. The first kappa shape index (κ1) is 22.1. The fourth-order valence-electron chi connectivity index (χ4n) is 3.14. The van der Waals surface area contributed by atoms with Crippen LogP contribution < -0.4 is 16.4 Å². The van der Waals surface area contributed by atoms with Gasteiger partial charge in [-0.05, 0) is 57.5 Å². The van der Waals surface area contributed by atoms with E-state index in [1.54, 1.807) is 0 Å². The van der Waals surface area contributed by atoms with Crippen molar-refractivity contribution in [3.8, 4) is 0 Å². The second-order valence-electron chi connectivity index (χ2n) is 7.07. The number of aryl methyl sites for hydroxylation is 1. The molecule has 0 bridgehead atoms. The van der Waals surface area contributed by atoms with E-state index in [9.17, 15) is 0 Å². The van der Waals surface area contributed by atoms with E-state index in [4.69, 9.17) is 17.3 Å². The zero-order chi connectivity index (χ0) is 20.5. The molecule has 0 saturated heterocycles. The van der Waals surface area contributed by atoms with Gasteiger partial charge in [-0.15, -0.1) is 0 Å². The summed E-state index contributed by atoms with van der Waals surface area (Å²) in [4.78, 5) is 12.7. The lowest BCUT2D eigenvalue weighted by Crippen LogP contribution is -2.30. The molecule has 1 saturated carbocycles. The third-order valence-electron chi connectivity index (χ3n) is 4.76. The van der Waals surface area contributed by atoms with Crippen LogP contribution in [0.4, 0.5) is 23.0 Å². The molecule has 1 aliphatic carbocycles. The minimum Gasteiger partial charge on any atom is -0.368 e. The average Bonchev–Trinajstić information content (AvgIpc) is 2.65. The highest BCUT2D eigenvalue weighted by atomic mass is 35.5. The molecule has 28 heavy (non-hydrogen) atoms. The molecule has 1 aromatic heterocycles. The summed E-state index contributed by atoms with van der Waals surface area (Å²) in [7, 11) is 0. The Kier molecular flexibility index (Phi) is 8.67. The second-order valence-corrected chi connectivity index (χ2v) is 7.50. The van der Waals surface area contributed by atoms with Crippen LogP contribution in [0.15, 0.2) is 29.3 Å². The molecule has 152 valence electrons. The molecule has 0 radical (unpaired) electrons. The van der Waals surface area contributed by atoms with Crippen molar-refractivity contribution in [1.29, 1.82) is 0 Å². The van der Waals surface area contributed by atoms with E-state index in [2.05, 4.69) is 39.2 Å². The van der Waals surface area contributed by atoms with Crippen molar-refractivity contribution in [3.63, 3.8) is 0 Å². The summed E-state index contributed by atoms with van der Waals surface area (Å²) in [5.74, 6) is 2.70. The molecule has 2 unspecified atom stereocenters. The van der Waals surface area contributed by atoms with Crippen molar-refractivity contribution < 1.29 is 0 Å². The van der Waals surface area contributed by atoms with Crippen molar-refractivity contribution in [2.45, 2.75) is 52.5 Å². The number of hydrogen-bond donors (Lipinski definition) is 3. The van der Waals surface area contributed by atoms with Gasteiger partial charge in [0.05, 0.1) is 0 Å². The van der Waals surface area contributed by atoms with Crippen LogP contribution in [0.2, 0.25) is 5.02 Å². The summed E-state index contributed by atoms with van der Waals surface area (Å²) in [6.45, 7) is 10.4. The van der Waals surface area contributed by atoms with E-state index in [0.717, 1.165) is 18.2 Å². The highest BCUT2D eigenvalue weighted by Crippen LogP contribution is 2.32. The lowest BCUT2D eigenvalue weighted by molar-refractivity contribution is 0.331. The van der Waals surface area contributed by atoms with Gasteiger partial charge in [0.25, 0.3) is 0 Å². The van der Waals surface area contributed by atoms with Crippen LogP contribution in [-0.2, 0) is 0 Å². The topological polar surface area (TPSA) is 88.2 Å². The summed E-state index contributed by atoms with van der Waals surface area (Å²) >= 11 is 5.98. The number of anilines is 3. The number of nitrogens with one attached hydrogen (secondary N) is 2. The van der Waals surface area contributed by atoms with Gasteiger partial charge in [-0.3, -0.25) is 4.99 Å². The number of nitrogens with two attached hydrogens (primary N) is 1. The Morgan fingerprint density at radius 2 is 1.96 bits per heavy atom. The molecule has 3 rings (SSSR count). The van der Waals surface area contributed by atoms with Crippen LogP contribution in [-0.4, -0.2) is 29.3 Å². The number of benzene rings is 1. The molecule has 4 N–H and O–H groups in total. The minimum absolute atomic E-state index is 0.503. The smallest absolute Gasteiger partial charge is 0.162 e. The van der Waals surface area contributed by atoms with Gasteiger partial charge in [0.1, 0.15) is 11.5 Å². The van der Waals surface area contributed by atoms with Crippen molar-refractivity contribution in [2.75, 3.05) is 17.2 Å².